The van der Waals surface area contributed by atoms with Gasteiger partial charge in [0, 0.05) is 41.3 Å². The van der Waals surface area contributed by atoms with Crippen LogP contribution in [0.2, 0.25) is 0 Å². The molecule has 0 aromatic carbocycles. The standard InChI is InChI=1S/3C10H16N/c1-10(2,3)9-5-7-11(4)8-6-9;1-10(2,3)9-6-5-7-11(4)8-9;1-10(2,3)9-7-5-6-8-11(9)4/h3*5-8H,1-4H3/q3*+1. The quantitative estimate of drug-likeness (QED) is 0.405. The highest BCUT2D eigenvalue weighted by Gasteiger charge is 2.22. The van der Waals surface area contributed by atoms with E-state index in [1.807, 2.05) is 7.05 Å². The predicted molar refractivity (Wildman–Crippen MR) is 139 cm³/mol. The number of hydrogen-bond acceptors (Lipinski definition) is 0. The number of rotatable bonds is 0. The van der Waals surface area contributed by atoms with Gasteiger partial charge in [0.2, 0.25) is 0 Å². The van der Waals surface area contributed by atoms with E-state index in [1.54, 1.807) is 0 Å². The highest BCUT2D eigenvalue weighted by atomic mass is 14.9. The van der Waals surface area contributed by atoms with E-state index in [9.17, 15) is 0 Å². The fraction of sp³-hybridized carbons (Fsp3) is 0.500. The topological polar surface area (TPSA) is 11.6 Å². The van der Waals surface area contributed by atoms with E-state index in [0.717, 1.165) is 0 Å². The molecule has 0 aliphatic heterocycles. The molecule has 0 N–H and O–H groups in total. The minimum Gasteiger partial charge on any atom is -0.208 e. The first kappa shape index (κ1) is 28.5. The molecule has 0 atom stereocenters. The van der Waals surface area contributed by atoms with E-state index in [4.69, 9.17) is 0 Å². The molecule has 3 heteroatoms. The van der Waals surface area contributed by atoms with Crippen molar-refractivity contribution in [2.75, 3.05) is 0 Å². The van der Waals surface area contributed by atoms with Crippen molar-refractivity contribution in [3.05, 3.63) is 90.3 Å². The number of nitrogens with zero attached hydrogens (tertiary/aromatic N) is 3. The van der Waals surface area contributed by atoms with Crippen molar-refractivity contribution < 1.29 is 13.7 Å². The van der Waals surface area contributed by atoms with Crippen LogP contribution < -0.4 is 13.7 Å². The molecule has 3 aromatic heterocycles. The molecule has 0 amide bonds. The zero-order valence-electron chi connectivity index (χ0n) is 23.3. The van der Waals surface area contributed by atoms with Crippen LogP contribution in [0.25, 0.3) is 0 Å². The minimum absolute atomic E-state index is 0.246. The number of aromatic nitrogens is 3. The summed E-state index contributed by atoms with van der Waals surface area (Å²) in [7, 11) is 6.17. The van der Waals surface area contributed by atoms with Crippen molar-refractivity contribution >= 4 is 0 Å². The summed E-state index contributed by atoms with van der Waals surface area (Å²) in [5.41, 5.74) is 4.90. The largest absolute Gasteiger partial charge is 0.208 e. The summed E-state index contributed by atoms with van der Waals surface area (Å²) in [6, 6.07) is 14.9. The third-order valence-corrected chi connectivity index (χ3v) is 5.47. The second-order valence-electron chi connectivity index (χ2n) is 12.0. The molecule has 0 aliphatic carbocycles. The van der Waals surface area contributed by atoms with Crippen LogP contribution in [-0.2, 0) is 37.4 Å². The zero-order valence-corrected chi connectivity index (χ0v) is 23.3. The van der Waals surface area contributed by atoms with E-state index >= 15 is 0 Å². The summed E-state index contributed by atoms with van der Waals surface area (Å²) >= 11 is 0. The lowest BCUT2D eigenvalue weighted by atomic mass is 9.88. The van der Waals surface area contributed by atoms with Crippen molar-refractivity contribution in [2.45, 2.75) is 78.6 Å². The van der Waals surface area contributed by atoms with Crippen LogP contribution in [0, 0.1) is 0 Å². The molecular weight excluding hydrogens is 402 g/mol. The SMILES string of the molecule is C[n+]1ccc(C(C)(C)C)cc1.C[n+]1cccc(C(C)(C)C)c1.C[n+]1ccccc1C(C)(C)C. The molecule has 0 spiro atoms. The van der Waals surface area contributed by atoms with Gasteiger partial charge in [-0.15, -0.1) is 0 Å². The molecule has 3 heterocycles. The third-order valence-electron chi connectivity index (χ3n) is 5.47. The van der Waals surface area contributed by atoms with Gasteiger partial charge in [-0.3, -0.25) is 0 Å². The van der Waals surface area contributed by atoms with E-state index in [0.29, 0.717) is 0 Å². The van der Waals surface area contributed by atoms with Crippen LogP contribution in [0.5, 0.6) is 0 Å². The highest BCUT2D eigenvalue weighted by molar-refractivity contribution is 5.17. The lowest BCUT2D eigenvalue weighted by molar-refractivity contribution is -0.682. The second kappa shape index (κ2) is 11.5. The molecule has 0 saturated heterocycles. The molecular formula is C30H48N3+3. The van der Waals surface area contributed by atoms with Crippen LogP contribution in [-0.4, -0.2) is 0 Å². The fourth-order valence-corrected chi connectivity index (χ4v) is 3.33. The van der Waals surface area contributed by atoms with E-state index < -0.39 is 0 Å². The van der Waals surface area contributed by atoms with Crippen molar-refractivity contribution in [3.8, 4) is 0 Å². The van der Waals surface area contributed by atoms with Crippen molar-refractivity contribution in [1.29, 1.82) is 0 Å². The molecule has 0 unspecified atom stereocenters. The van der Waals surface area contributed by atoms with Gasteiger partial charge in [-0.05, 0) is 22.5 Å². The summed E-state index contributed by atoms with van der Waals surface area (Å²) < 4.78 is 6.30. The Morgan fingerprint density at radius 3 is 1.39 bits per heavy atom. The van der Waals surface area contributed by atoms with E-state index in [2.05, 4.69) is 164 Å². The Balaban J connectivity index is 0.000000247. The number of pyridine rings is 3. The summed E-state index contributed by atoms with van der Waals surface area (Å²) in [6.07, 6.45) is 10.5. The first-order chi connectivity index (χ1) is 15.0. The normalized spacial score (nSPS) is 11.6. The van der Waals surface area contributed by atoms with Crippen molar-refractivity contribution in [2.24, 2.45) is 21.1 Å². The van der Waals surface area contributed by atoms with Gasteiger partial charge < -0.3 is 0 Å². The maximum atomic E-state index is 2.22. The molecule has 0 saturated carbocycles. The monoisotopic (exact) mass is 450 g/mol. The molecule has 3 nitrogen and oxygen atoms in total. The molecule has 3 aromatic rings. The van der Waals surface area contributed by atoms with Gasteiger partial charge >= 0.3 is 0 Å². The molecule has 180 valence electrons. The zero-order chi connectivity index (χ0) is 25.4. The summed E-state index contributed by atoms with van der Waals surface area (Å²) in [6.45, 7) is 20.0. The molecule has 0 aliphatic rings. The van der Waals surface area contributed by atoms with E-state index in [-0.39, 0.29) is 16.2 Å². The van der Waals surface area contributed by atoms with Gasteiger partial charge in [0.25, 0.3) is 0 Å². The maximum Gasteiger partial charge on any atom is 0.186 e. The van der Waals surface area contributed by atoms with Crippen LogP contribution in [0.3, 0.4) is 0 Å². The molecule has 3 rings (SSSR count). The lowest BCUT2D eigenvalue weighted by Gasteiger charge is -2.17. The Bertz CT molecular complexity index is 983. The van der Waals surface area contributed by atoms with Gasteiger partial charge in [0.1, 0.15) is 21.1 Å². The first-order valence-corrected chi connectivity index (χ1v) is 11.9. The number of hydrogen-bond donors (Lipinski definition) is 0. The molecule has 0 bridgehead atoms. The van der Waals surface area contributed by atoms with Crippen LogP contribution >= 0.6 is 0 Å². The Morgan fingerprint density at radius 2 is 1.03 bits per heavy atom. The van der Waals surface area contributed by atoms with E-state index in [1.165, 1.54) is 16.8 Å². The fourth-order valence-electron chi connectivity index (χ4n) is 3.33. The van der Waals surface area contributed by atoms with Crippen LogP contribution in [0.1, 0.15) is 79.1 Å². The van der Waals surface area contributed by atoms with Gasteiger partial charge in [0.05, 0.1) is 0 Å². The average Bonchev–Trinajstić information content (AvgIpc) is 2.67. The first-order valence-electron chi connectivity index (χ1n) is 11.9. The van der Waals surface area contributed by atoms with Crippen molar-refractivity contribution in [3.63, 3.8) is 0 Å². The number of aryl methyl sites for hydroxylation is 3. The van der Waals surface area contributed by atoms with Crippen LogP contribution in [0.4, 0.5) is 0 Å². The van der Waals surface area contributed by atoms with Gasteiger partial charge in [-0.1, -0.05) is 68.4 Å². The molecule has 0 fully saturated rings. The molecule has 0 radical (unpaired) electrons. The second-order valence-corrected chi connectivity index (χ2v) is 12.0. The Morgan fingerprint density at radius 1 is 0.485 bits per heavy atom. The van der Waals surface area contributed by atoms with Gasteiger partial charge in [0.15, 0.2) is 36.7 Å². The summed E-state index contributed by atoms with van der Waals surface area (Å²) in [5, 5.41) is 0. The molecule has 33 heavy (non-hydrogen) atoms. The highest BCUT2D eigenvalue weighted by Crippen LogP contribution is 2.20. The lowest BCUT2D eigenvalue weighted by Crippen LogP contribution is -2.38. The third kappa shape index (κ3) is 10.3. The predicted octanol–water partition coefficient (Wildman–Crippen LogP) is 5.43. The van der Waals surface area contributed by atoms with Crippen LogP contribution in [0.15, 0.2) is 73.4 Å². The maximum absolute atomic E-state index is 2.22. The summed E-state index contributed by atoms with van der Waals surface area (Å²) in [5.74, 6) is 0. The Kier molecular flexibility index (Phi) is 9.96. The average molecular weight is 451 g/mol. The Labute approximate surface area is 203 Å². The minimum atomic E-state index is 0.246. The summed E-state index contributed by atoms with van der Waals surface area (Å²) in [4.78, 5) is 0. The smallest absolute Gasteiger partial charge is 0.186 e. The van der Waals surface area contributed by atoms with Gasteiger partial charge in [-0.2, -0.15) is 0 Å². The Hall–Kier alpha value is -2.55. The van der Waals surface area contributed by atoms with Crippen molar-refractivity contribution in [1.82, 2.24) is 0 Å². The van der Waals surface area contributed by atoms with Gasteiger partial charge in [-0.25, -0.2) is 13.7 Å².